The number of anilines is 3. The van der Waals surface area contributed by atoms with Crippen molar-refractivity contribution in [2.45, 2.75) is 49.3 Å². The SMILES string of the molecule is CC(C)c1cccc(C(C)C)c1NC(=O)C(=O)CN1c2ccccc2Sc2ccccc21. The predicted molar refractivity (Wildman–Crippen MR) is 132 cm³/mol. The molecule has 4 rings (SSSR count). The van der Waals surface area contributed by atoms with Crippen LogP contribution in [0.3, 0.4) is 0 Å². The summed E-state index contributed by atoms with van der Waals surface area (Å²) in [6.07, 6.45) is 0. The second-order valence-corrected chi connectivity index (χ2v) is 9.71. The van der Waals surface area contributed by atoms with Gasteiger partial charge in [-0.3, -0.25) is 9.59 Å². The molecule has 3 aromatic rings. The van der Waals surface area contributed by atoms with Crippen LogP contribution in [0, 0.1) is 0 Å². The topological polar surface area (TPSA) is 49.4 Å². The number of ketones is 1. The Balaban J connectivity index is 1.62. The highest BCUT2D eigenvalue weighted by molar-refractivity contribution is 7.99. The number of carbonyl (C=O) groups is 2. The van der Waals surface area contributed by atoms with Crippen LogP contribution in [0.2, 0.25) is 0 Å². The van der Waals surface area contributed by atoms with Gasteiger partial charge in [0.15, 0.2) is 0 Å². The van der Waals surface area contributed by atoms with Crippen molar-refractivity contribution in [2.24, 2.45) is 0 Å². The smallest absolute Gasteiger partial charge is 0.293 e. The van der Waals surface area contributed by atoms with Gasteiger partial charge in [-0.15, -0.1) is 0 Å². The normalized spacial score (nSPS) is 12.5. The zero-order valence-corrected chi connectivity index (χ0v) is 19.7. The Hall–Kier alpha value is -3.05. The number of para-hydroxylation sites is 3. The zero-order chi connectivity index (χ0) is 22.8. The first kappa shape index (κ1) is 22.2. The number of nitrogens with zero attached hydrogens (tertiary/aromatic N) is 1. The van der Waals surface area contributed by atoms with E-state index in [2.05, 4.69) is 33.0 Å². The third-order valence-electron chi connectivity index (χ3n) is 5.70. The number of hydrogen-bond donors (Lipinski definition) is 1. The van der Waals surface area contributed by atoms with E-state index in [9.17, 15) is 9.59 Å². The molecule has 1 aliphatic heterocycles. The molecule has 0 fully saturated rings. The Kier molecular flexibility index (Phi) is 6.38. The number of hydrogen-bond acceptors (Lipinski definition) is 4. The van der Waals surface area contributed by atoms with Gasteiger partial charge < -0.3 is 10.2 Å². The first-order valence-corrected chi connectivity index (χ1v) is 11.8. The van der Waals surface area contributed by atoms with Gasteiger partial charge in [-0.1, -0.05) is 81.9 Å². The molecular formula is C27H28N2O2S. The third-order valence-corrected chi connectivity index (χ3v) is 6.83. The van der Waals surface area contributed by atoms with E-state index >= 15 is 0 Å². The highest BCUT2D eigenvalue weighted by Gasteiger charge is 2.27. The van der Waals surface area contributed by atoms with Crippen molar-refractivity contribution < 1.29 is 9.59 Å². The molecule has 0 radical (unpaired) electrons. The molecule has 0 atom stereocenters. The molecule has 5 heteroatoms. The number of fused-ring (bicyclic) bond motifs is 2. The Morgan fingerprint density at radius 3 is 1.78 bits per heavy atom. The Labute approximate surface area is 194 Å². The summed E-state index contributed by atoms with van der Waals surface area (Å²) < 4.78 is 0. The van der Waals surface area contributed by atoms with E-state index in [0.29, 0.717) is 0 Å². The summed E-state index contributed by atoms with van der Waals surface area (Å²) in [6, 6.07) is 22.0. The highest BCUT2D eigenvalue weighted by atomic mass is 32.2. The molecule has 32 heavy (non-hydrogen) atoms. The van der Waals surface area contributed by atoms with Crippen molar-refractivity contribution in [3.05, 3.63) is 77.9 Å². The molecule has 1 heterocycles. The summed E-state index contributed by atoms with van der Waals surface area (Å²) in [5.41, 5.74) is 4.75. The average molecular weight is 445 g/mol. The van der Waals surface area contributed by atoms with Crippen molar-refractivity contribution in [3.8, 4) is 0 Å². The molecule has 0 aliphatic carbocycles. The van der Waals surface area contributed by atoms with Gasteiger partial charge in [0.05, 0.1) is 17.9 Å². The van der Waals surface area contributed by atoms with Crippen molar-refractivity contribution in [1.82, 2.24) is 0 Å². The fraction of sp³-hybridized carbons (Fsp3) is 0.259. The van der Waals surface area contributed by atoms with Gasteiger partial charge in [-0.25, -0.2) is 0 Å². The highest BCUT2D eigenvalue weighted by Crippen LogP contribution is 2.47. The van der Waals surface area contributed by atoms with Crippen LogP contribution in [0.15, 0.2) is 76.5 Å². The van der Waals surface area contributed by atoms with Gasteiger partial charge in [0, 0.05) is 15.5 Å². The lowest BCUT2D eigenvalue weighted by atomic mass is 9.92. The maximum atomic E-state index is 13.1. The number of Topliss-reactive ketones (excluding diaryl/α,β-unsaturated/α-hetero) is 1. The molecule has 0 aromatic heterocycles. The van der Waals surface area contributed by atoms with Gasteiger partial charge >= 0.3 is 0 Å². The second kappa shape index (κ2) is 9.21. The van der Waals surface area contributed by atoms with E-state index in [-0.39, 0.29) is 18.4 Å². The molecular weight excluding hydrogens is 416 g/mol. The summed E-state index contributed by atoms with van der Waals surface area (Å²) in [4.78, 5) is 30.3. The van der Waals surface area contributed by atoms with E-state index in [1.54, 1.807) is 11.8 Å². The van der Waals surface area contributed by atoms with E-state index in [1.165, 1.54) is 0 Å². The van der Waals surface area contributed by atoms with Gasteiger partial charge in [0.25, 0.3) is 5.91 Å². The molecule has 1 N–H and O–H groups in total. The molecule has 0 bridgehead atoms. The molecule has 0 spiro atoms. The minimum Gasteiger partial charge on any atom is -0.332 e. The van der Waals surface area contributed by atoms with Gasteiger partial charge in [0.2, 0.25) is 5.78 Å². The van der Waals surface area contributed by atoms with Crippen LogP contribution in [0.1, 0.15) is 50.7 Å². The monoisotopic (exact) mass is 444 g/mol. The number of rotatable bonds is 6. The fourth-order valence-corrected chi connectivity index (χ4v) is 5.14. The van der Waals surface area contributed by atoms with E-state index in [1.807, 2.05) is 71.6 Å². The summed E-state index contributed by atoms with van der Waals surface area (Å²) in [6.45, 7) is 8.36. The molecule has 3 aromatic carbocycles. The first-order chi connectivity index (χ1) is 15.4. The molecule has 4 nitrogen and oxygen atoms in total. The van der Waals surface area contributed by atoms with Crippen molar-refractivity contribution in [1.29, 1.82) is 0 Å². The number of benzene rings is 3. The van der Waals surface area contributed by atoms with E-state index < -0.39 is 11.7 Å². The average Bonchev–Trinajstić information content (AvgIpc) is 2.78. The number of carbonyl (C=O) groups excluding carboxylic acids is 2. The quantitative estimate of drug-likeness (QED) is 0.428. The predicted octanol–water partition coefficient (Wildman–Crippen LogP) is 6.74. The Morgan fingerprint density at radius 2 is 1.28 bits per heavy atom. The zero-order valence-electron chi connectivity index (χ0n) is 18.9. The minimum absolute atomic E-state index is 0.0126. The van der Waals surface area contributed by atoms with Gasteiger partial charge in [-0.2, -0.15) is 0 Å². The van der Waals surface area contributed by atoms with Crippen LogP contribution in [0.4, 0.5) is 17.1 Å². The van der Waals surface area contributed by atoms with Crippen LogP contribution in [0.25, 0.3) is 0 Å². The van der Waals surface area contributed by atoms with Crippen LogP contribution < -0.4 is 10.2 Å². The molecule has 0 saturated carbocycles. The lowest BCUT2D eigenvalue weighted by molar-refractivity contribution is -0.133. The molecule has 1 aliphatic rings. The summed E-state index contributed by atoms with van der Waals surface area (Å²) in [5.74, 6) is -0.572. The fourth-order valence-electron chi connectivity index (χ4n) is 4.05. The van der Waals surface area contributed by atoms with Crippen LogP contribution in [0.5, 0.6) is 0 Å². The maximum Gasteiger partial charge on any atom is 0.293 e. The summed E-state index contributed by atoms with van der Waals surface area (Å²) >= 11 is 1.68. The van der Waals surface area contributed by atoms with Crippen LogP contribution in [-0.2, 0) is 9.59 Å². The van der Waals surface area contributed by atoms with Gasteiger partial charge in [0.1, 0.15) is 0 Å². The molecule has 0 saturated heterocycles. The summed E-state index contributed by atoms with van der Waals surface area (Å²) in [5, 5.41) is 2.96. The standard InChI is InChI=1S/C27H28N2O2S/c1-17(2)19-10-9-11-20(18(3)4)26(19)28-27(31)23(30)16-29-21-12-5-7-14-24(21)32-25-15-8-6-13-22(25)29/h5-15,17-18H,16H2,1-4H3,(H,28,31). The van der Waals surface area contributed by atoms with Crippen LogP contribution in [-0.4, -0.2) is 18.2 Å². The molecule has 164 valence electrons. The number of amides is 1. The van der Waals surface area contributed by atoms with Crippen molar-refractivity contribution in [2.75, 3.05) is 16.8 Å². The Bertz CT molecular complexity index is 1100. The van der Waals surface area contributed by atoms with Crippen molar-refractivity contribution in [3.63, 3.8) is 0 Å². The van der Waals surface area contributed by atoms with Crippen LogP contribution >= 0.6 is 11.8 Å². The maximum absolute atomic E-state index is 13.1. The van der Waals surface area contributed by atoms with Crippen molar-refractivity contribution >= 4 is 40.5 Å². The molecule has 1 amide bonds. The third kappa shape index (κ3) is 4.30. The summed E-state index contributed by atoms with van der Waals surface area (Å²) in [7, 11) is 0. The Morgan fingerprint density at radius 1 is 0.781 bits per heavy atom. The van der Waals surface area contributed by atoms with Gasteiger partial charge in [-0.05, 0) is 47.2 Å². The minimum atomic E-state index is -0.576. The van der Waals surface area contributed by atoms with E-state index in [0.717, 1.165) is 38.0 Å². The number of nitrogens with one attached hydrogen (secondary N) is 1. The van der Waals surface area contributed by atoms with E-state index in [4.69, 9.17) is 0 Å². The largest absolute Gasteiger partial charge is 0.332 e. The first-order valence-electron chi connectivity index (χ1n) is 11.0. The lowest BCUT2D eigenvalue weighted by Gasteiger charge is -2.32. The molecule has 0 unspecified atom stereocenters. The lowest BCUT2D eigenvalue weighted by Crippen LogP contribution is -2.35. The second-order valence-electron chi connectivity index (χ2n) is 8.62.